The van der Waals surface area contributed by atoms with Gasteiger partial charge in [0.2, 0.25) is 0 Å². The first-order valence-electron chi connectivity index (χ1n) is 7.20. The molecule has 1 aromatic carbocycles. The molecule has 21 heavy (non-hydrogen) atoms. The van der Waals surface area contributed by atoms with E-state index in [1.54, 1.807) is 19.3 Å². The lowest BCUT2D eigenvalue weighted by Crippen LogP contribution is -2.35. The number of rotatable bonds is 6. The van der Waals surface area contributed by atoms with Crippen LogP contribution < -0.4 is 5.32 Å². The van der Waals surface area contributed by atoms with Crippen LogP contribution in [-0.4, -0.2) is 31.5 Å². The second kappa shape index (κ2) is 6.54. The minimum Gasteiger partial charge on any atom is -0.309 e. The molecule has 0 fully saturated rings. The first-order valence-corrected chi connectivity index (χ1v) is 9.15. The summed E-state index contributed by atoms with van der Waals surface area (Å²) in [7, 11) is -3.13. The fraction of sp³-hybridized carbons (Fsp3) is 0.438. The molecule has 1 N–H and O–H groups in total. The quantitative estimate of drug-likeness (QED) is 0.891. The third-order valence-electron chi connectivity index (χ3n) is 3.81. The van der Waals surface area contributed by atoms with Crippen LogP contribution in [0.25, 0.3) is 10.8 Å². The van der Waals surface area contributed by atoms with E-state index < -0.39 is 15.1 Å². The number of benzene rings is 1. The van der Waals surface area contributed by atoms with E-state index in [1.165, 1.54) is 6.26 Å². The van der Waals surface area contributed by atoms with Gasteiger partial charge in [-0.1, -0.05) is 25.1 Å². The average Bonchev–Trinajstić information content (AvgIpc) is 2.46. The van der Waals surface area contributed by atoms with Crippen LogP contribution in [0.5, 0.6) is 0 Å². The second-order valence-corrected chi connectivity index (χ2v) is 7.81. The molecular formula is C16H22N2O2S. The van der Waals surface area contributed by atoms with Crippen molar-refractivity contribution in [2.45, 2.75) is 31.6 Å². The molecule has 2 aromatic rings. The Morgan fingerprint density at radius 3 is 2.71 bits per heavy atom. The number of hydrogen-bond donors (Lipinski definition) is 1. The Balaban J connectivity index is 2.53. The van der Waals surface area contributed by atoms with Crippen molar-refractivity contribution >= 4 is 20.6 Å². The molecule has 0 bridgehead atoms. The highest BCUT2D eigenvalue weighted by molar-refractivity contribution is 7.91. The van der Waals surface area contributed by atoms with E-state index in [2.05, 4.69) is 17.2 Å². The predicted octanol–water partition coefficient (Wildman–Crippen LogP) is 2.71. The summed E-state index contributed by atoms with van der Waals surface area (Å²) >= 11 is 0. The van der Waals surface area contributed by atoms with Gasteiger partial charge in [-0.05, 0) is 36.9 Å². The molecule has 0 aliphatic heterocycles. The van der Waals surface area contributed by atoms with Crippen molar-refractivity contribution in [3.05, 3.63) is 42.2 Å². The maximum Gasteiger partial charge on any atom is 0.151 e. The van der Waals surface area contributed by atoms with E-state index in [-0.39, 0.29) is 6.04 Å². The monoisotopic (exact) mass is 306 g/mol. The van der Waals surface area contributed by atoms with Gasteiger partial charge >= 0.3 is 0 Å². The fourth-order valence-electron chi connectivity index (χ4n) is 2.49. The Morgan fingerprint density at radius 1 is 1.29 bits per heavy atom. The number of fused-ring (bicyclic) bond motifs is 1. The van der Waals surface area contributed by atoms with Gasteiger partial charge in [0.1, 0.15) is 0 Å². The van der Waals surface area contributed by atoms with Crippen LogP contribution in [0.2, 0.25) is 0 Å². The molecule has 2 unspecified atom stereocenters. The Morgan fingerprint density at radius 2 is 2.05 bits per heavy atom. The van der Waals surface area contributed by atoms with E-state index in [9.17, 15) is 8.42 Å². The number of hydrogen-bond acceptors (Lipinski definition) is 4. The lowest BCUT2D eigenvalue weighted by atomic mass is 9.98. The lowest BCUT2D eigenvalue weighted by molar-refractivity contribution is 0.502. The van der Waals surface area contributed by atoms with Crippen LogP contribution in [0.1, 0.15) is 31.9 Å². The highest BCUT2D eigenvalue weighted by atomic mass is 32.2. The van der Waals surface area contributed by atoms with Crippen molar-refractivity contribution in [3.63, 3.8) is 0 Å². The molecule has 5 heteroatoms. The molecule has 4 nitrogen and oxygen atoms in total. The van der Waals surface area contributed by atoms with Crippen LogP contribution in [0, 0.1) is 0 Å². The summed E-state index contributed by atoms with van der Waals surface area (Å²) in [6, 6.07) is 7.67. The van der Waals surface area contributed by atoms with Crippen LogP contribution in [0.3, 0.4) is 0 Å². The van der Waals surface area contributed by atoms with Crippen molar-refractivity contribution in [3.8, 4) is 0 Å². The SMILES string of the molecule is CCCNC(c1cccc2cnccc12)C(C)S(C)(=O)=O. The highest BCUT2D eigenvalue weighted by Gasteiger charge is 2.27. The molecule has 0 spiro atoms. The van der Waals surface area contributed by atoms with Gasteiger partial charge in [0.25, 0.3) is 0 Å². The summed E-state index contributed by atoms with van der Waals surface area (Å²) in [6.45, 7) is 4.62. The van der Waals surface area contributed by atoms with Gasteiger partial charge in [0.05, 0.1) is 5.25 Å². The van der Waals surface area contributed by atoms with Gasteiger partial charge in [0.15, 0.2) is 9.84 Å². The zero-order chi connectivity index (χ0) is 15.5. The summed E-state index contributed by atoms with van der Waals surface area (Å²) in [5.74, 6) is 0. The standard InChI is InChI=1S/C16H22N2O2S/c1-4-9-18-16(12(2)21(3,19)20)15-7-5-6-13-11-17-10-8-14(13)15/h5-8,10-12,16,18H,4,9H2,1-3H3. The number of nitrogens with zero attached hydrogens (tertiary/aromatic N) is 1. The lowest BCUT2D eigenvalue weighted by Gasteiger charge is -2.25. The number of sulfone groups is 1. The van der Waals surface area contributed by atoms with Crippen molar-refractivity contribution in [1.29, 1.82) is 0 Å². The molecule has 114 valence electrons. The molecule has 1 aromatic heterocycles. The third kappa shape index (κ3) is 3.60. The van der Waals surface area contributed by atoms with Gasteiger partial charge in [-0.2, -0.15) is 0 Å². The summed E-state index contributed by atoms with van der Waals surface area (Å²) in [5.41, 5.74) is 1.02. The van der Waals surface area contributed by atoms with Gasteiger partial charge in [-0.25, -0.2) is 8.42 Å². The van der Waals surface area contributed by atoms with Gasteiger partial charge in [-0.15, -0.1) is 0 Å². The Kier molecular flexibility index (Phi) is 4.96. The van der Waals surface area contributed by atoms with E-state index >= 15 is 0 Å². The number of pyridine rings is 1. The predicted molar refractivity (Wildman–Crippen MR) is 87.1 cm³/mol. The van der Waals surface area contributed by atoms with Crippen molar-refractivity contribution < 1.29 is 8.42 Å². The second-order valence-electron chi connectivity index (χ2n) is 5.41. The summed E-state index contributed by atoms with van der Waals surface area (Å²) in [4.78, 5) is 4.13. The molecule has 2 atom stereocenters. The van der Waals surface area contributed by atoms with E-state index in [4.69, 9.17) is 0 Å². The van der Waals surface area contributed by atoms with E-state index in [0.29, 0.717) is 0 Å². The van der Waals surface area contributed by atoms with Crippen molar-refractivity contribution in [2.24, 2.45) is 0 Å². The normalized spacial score (nSPS) is 15.0. The van der Waals surface area contributed by atoms with E-state index in [1.807, 2.05) is 24.3 Å². The van der Waals surface area contributed by atoms with Crippen LogP contribution in [-0.2, 0) is 9.84 Å². The van der Waals surface area contributed by atoms with Crippen LogP contribution in [0.4, 0.5) is 0 Å². The van der Waals surface area contributed by atoms with Gasteiger partial charge in [-0.3, -0.25) is 4.98 Å². The number of nitrogens with one attached hydrogen (secondary N) is 1. The van der Waals surface area contributed by atoms with Crippen molar-refractivity contribution in [1.82, 2.24) is 10.3 Å². The van der Waals surface area contributed by atoms with Gasteiger partial charge < -0.3 is 5.32 Å². The Bertz CT molecular complexity index is 708. The van der Waals surface area contributed by atoms with Crippen LogP contribution >= 0.6 is 0 Å². The topological polar surface area (TPSA) is 59.1 Å². The molecule has 0 aliphatic rings. The first-order chi connectivity index (χ1) is 9.95. The summed E-state index contributed by atoms with van der Waals surface area (Å²) in [6.07, 6.45) is 5.80. The largest absolute Gasteiger partial charge is 0.309 e. The maximum atomic E-state index is 12.0. The summed E-state index contributed by atoms with van der Waals surface area (Å²) < 4.78 is 24.0. The molecule has 0 radical (unpaired) electrons. The Labute approximate surface area is 126 Å². The third-order valence-corrected chi connectivity index (χ3v) is 5.43. The summed E-state index contributed by atoms with van der Waals surface area (Å²) in [5, 5.41) is 4.98. The minimum atomic E-state index is -3.13. The zero-order valence-electron chi connectivity index (χ0n) is 12.7. The average molecular weight is 306 g/mol. The molecule has 0 saturated carbocycles. The number of aromatic nitrogens is 1. The molecule has 1 heterocycles. The minimum absolute atomic E-state index is 0.217. The van der Waals surface area contributed by atoms with Gasteiger partial charge in [0, 0.05) is 30.1 Å². The molecule has 2 rings (SSSR count). The highest BCUT2D eigenvalue weighted by Crippen LogP contribution is 2.28. The first kappa shape index (κ1) is 15.9. The zero-order valence-corrected chi connectivity index (χ0v) is 13.5. The fourth-order valence-corrected chi connectivity index (χ4v) is 3.23. The smallest absolute Gasteiger partial charge is 0.151 e. The molecule has 0 saturated heterocycles. The molecular weight excluding hydrogens is 284 g/mol. The molecule has 0 amide bonds. The molecule has 0 aliphatic carbocycles. The van der Waals surface area contributed by atoms with E-state index in [0.717, 1.165) is 29.3 Å². The maximum absolute atomic E-state index is 12.0. The van der Waals surface area contributed by atoms with Crippen LogP contribution in [0.15, 0.2) is 36.7 Å². The Hall–Kier alpha value is -1.46. The van der Waals surface area contributed by atoms with Crippen molar-refractivity contribution in [2.75, 3.05) is 12.8 Å².